The SMILES string of the molecule is Oc1ccc([C@@H]2[C@@H](CC[C@H](O)c3ccc(F)cc3)OC(=S)N2c2ccccc2)c(O)c1. The van der Waals surface area contributed by atoms with Crippen LogP contribution in [0, 0.1) is 5.82 Å². The predicted octanol–water partition coefficient (Wildman–Crippen LogP) is 4.98. The molecule has 3 aromatic carbocycles. The maximum Gasteiger partial charge on any atom is 0.264 e. The van der Waals surface area contributed by atoms with Crippen molar-refractivity contribution in [3.05, 3.63) is 89.7 Å². The van der Waals surface area contributed by atoms with Gasteiger partial charge in [0.15, 0.2) is 0 Å². The fourth-order valence-electron chi connectivity index (χ4n) is 3.90. The molecule has 1 aliphatic rings. The summed E-state index contributed by atoms with van der Waals surface area (Å²) < 4.78 is 19.2. The fraction of sp³-hybridized carbons (Fsp3) is 0.208. The number of benzene rings is 3. The minimum absolute atomic E-state index is 0.0442. The zero-order valence-electron chi connectivity index (χ0n) is 16.6. The summed E-state index contributed by atoms with van der Waals surface area (Å²) in [7, 11) is 0. The summed E-state index contributed by atoms with van der Waals surface area (Å²) in [5.74, 6) is -0.470. The van der Waals surface area contributed by atoms with Crippen LogP contribution in [0.25, 0.3) is 0 Å². The Kier molecular flexibility index (Phi) is 6.06. The van der Waals surface area contributed by atoms with Crippen molar-refractivity contribution in [3.63, 3.8) is 0 Å². The first-order valence-corrected chi connectivity index (χ1v) is 10.3. The standard InChI is InChI=1S/C24H22FNO4S/c25-16-8-6-15(7-9-16)20(28)12-13-22-23(19-11-10-18(27)14-21(19)29)26(24(31)30-22)17-4-2-1-3-5-17/h1-11,14,20,22-23,27-29H,12-13H2/t20-,22+,23+/m0/s1. The highest BCUT2D eigenvalue weighted by molar-refractivity contribution is 7.80. The van der Waals surface area contributed by atoms with Gasteiger partial charge in [0.25, 0.3) is 5.17 Å². The zero-order valence-corrected chi connectivity index (χ0v) is 17.4. The summed E-state index contributed by atoms with van der Waals surface area (Å²) in [6.07, 6.45) is -0.444. The van der Waals surface area contributed by atoms with Crippen molar-refractivity contribution in [1.29, 1.82) is 0 Å². The van der Waals surface area contributed by atoms with Crippen molar-refractivity contribution < 1.29 is 24.4 Å². The van der Waals surface area contributed by atoms with Crippen LogP contribution in [-0.4, -0.2) is 26.6 Å². The van der Waals surface area contributed by atoms with Crippen LogP contribution in [0.1, 0.15) is 36.1 Å². The van der Waals surface area contributed by atoms with E-state index in [0.29, 0.717) is 24.0 Å². The molecule has 0 aliphatic carbocycles. The number of phenolic OH excluding ortho intramolecular Hbond substituents is 2. The van der Waals surface area contributed by atoms with E-state index < -0.39 is 18.2 Å². The van der Waals surface area contributed by atoms with Gasteiger partial charge < -0.3 is 20.1 Å². The number of hydrogen-bond donors (Lipinski definition) is 3. The number of nitrogens with zero attached hydrogens (tertiary/aromatic N) is 1. The number of aliphatic hydroxyl groups is 1. The highest BCUT2D eigenvalue weighted by Crippen LogP contribution is 2.43. The summed E-state index contributed by atoms with van der Waals surface area (Å²) in [5, 5.41) is 31.1. The third kappa shape index (κ3) is 4.47. The van der Waals surface area contributed by atoms with Crippen LogP contribution in [0.15, 0.2) is 72.8 Å². The average molecular weight is 440 g/mol. The van der Waals surface area contributed by atoms with E-state index in [9.17, 15) is 19.7 Å². The van der Waals surface area contributed by atoms with Crippen LogP contribution >= 0.6 is 12.2 Å². The Morgan fingerprint density at radius 1 is 1.00 bits per heavy atom. The number of rotatable bonds is 6. The lowest BCUT2D eigenvalue weighted by Crippen LogP contribution is -2.29. The zero-order chi connectivity index (χ0) is 22.0. The number of hydrogen-bond acceptors (Lipinski definition) is 5. The first-order chi connectivity index (χ1) is 14.9. The molecule has 0 saturated carbocycles. The van der Waals surface area contributed by atoms with Gasteiger partial charge >= 0.3 is 0 Å². The minimum atomic E-state index is -0.794. The number of anilines is 1. The quantitative estimate of drug-likeness (QED) is 0.471. The number of aromatic hydroxyl groups is 2. The van der Waals surface area contributed by atoms with E-state index >= 15 is 0 Å². The summed E-state index contributed by atoms with van der Waals surface area (Å²) in [6, 6.07) is 19.2. The van der Waals surface area contributed by atoms with Gasteiger partial charge in [0, 0.05) is 17.3 Å². The Morgan fingerprint density at radius 3 is 2.39 bits per heavy atom. The number of phenols is 2. The van der Waals surface area contributed by atoms with E-state index in [0.717, 1.165) is 5.69 Å². The second-order valence-corrected chi connectivity index (χ2v) is 7.81. The first kappa shape index (κ1) is 21.1. The number of thiocarbonyl (C=S) groups is 1. The monoisotopic (exact) mass is 439 g/mol. The van der Waals surface area contributed by atoms with Gasteiger partial charge in [0.1, 0.15) is 29.5 Å². The van der Waals surface area contributed by atoms with E-state index in [1.807, 2.05) is 35.2 Å². The molecule has 3 N–H and O–H groups in total. The third-order valence-corrected chi connectivity index (χ3v) is 5.72. The molecule has 0 aromatic heterocycles. The molecule has 3 atom stereocenters. The Morgan fingerprint density at radius 2 is 1.71 bits per heavy atom. The molecule has 0 bridgehead atoms. The molecule has 4 rings (SSSR count). The van der Waals surface area contributed by atoms with Gasteiger partial charge in [0.2, 0.25) is 0 Å². The molecule has 3 aromatic rings. The van der Waals surface area contributed by atoms with Gasteiger partial charge in [-0.15, -0.1) is 0 Å². The number of halogens is 1. The van der Waals surface area contributed by atoms with Gasteiger partial charge in [-0.25, -0.2) is 4.39 Å². The van der Waals surface area contributed by atoms with Crippen LogP contribution in [0.5, 0.6) is 11.5 Å². The van der Waals surface area contributed by atoms with Crippen molar-refractivity contribution >= 4 is 23.1 Å². The molecule has 1 heterocycles. The highest BCUT2D eigenvalue weighted by Gasteiger charge is 2.42. The van der Waals surface area contributed by atoms with E-state index in [-0.39, 0.29) is 22.5 Å². The van der Waals surface area contributed by atoms with Crippen LogP contribution < -0.4 is 4.90 Å². The normalized spacial score (nSPS) is 19.3. The summed E-state index contributed by atoms with van der Waals surface area (Å²) in [5.41, 5.74) is 1.99. The summed E-state index contributed by atoms with van der Waals surface area (Å²) in [6.45, 7) is 0. The van der Waals surface area contributed by atoms with E-state index in [1.54, 1.807) is 18.2 Å². The lowest BCUT2D eigenvalue weighted by Gasteiger charge is -2.27. The molecular formula is C24H22FNO4S. The molecule has 0 radical (unpaired) electrons. The van der Waals surface area contributed by atoms with Crippen LogP contribution in [0.3, 0.4) is 0 Å². The Hall–Kier alpha value is -3.16. The molecule has 1 aliphatic heterocycles. The molecule has 0 amide bonds. The van der Waals surface area contributed by atoms with Crippen molar-refractivity contribution in [3.8, 4) is 11.5 Å². The van der Waals surface area contributed by atoms with Crippen LogP contribution in [0.2, 0.25) is 0 Å². The van der Waals surface area contributed by atoms with Gasteiger partial charge in [0.05, 0.1) is 6.10 Å². The van der Waals surface area contributed by atoms with Gasteiger partial charge in [-0.1, -0.05) is 30.3 Å². The molecule has 0 unspecified atom stereocenters. The minimum Gasteiger partial charge on any atom is -0.508 e. The largest absolute Gasteiger partial charge is 0.508 e. The van der Waals surface area contributed by atoms with Gasteiger partial charge in [-0.05, 0) is 67.0 Å². The lowest BCUT2D eigenvalue weighted by molar-refractivity contribution is 0.126. The predicted molar refractivity (Wildman–Crippen MR) is 119 cm³/mol. The third-order valence-electron chi connectivity index (χ3n) is 5.43. The van der Waals surface area contributed by atoms with Gasteiger partial charge in [-0.2, -0.15) is 0 Å². The van der Waals surface area contributed by atoms with Crippen LogP contribution in [-0.2, 0) is 4.74 Å². The van der Waals surface area contributed by atoms with Crippen LogP contribution in [0.4, 0.5) is 10.1 Å². The molecule has 1 saturated heterocycles. The first-order valence-electron chi connectivity index (χ1n) is 9.94. The maximum absolute atomic E-state index is 13.2. The van der Waals surface area contributed by atoms with Crippen molar-refractivity contribution in [2.45, 2.75) is 31.1 Å². The van der Waals surface area contributed by atoms with Gasteiger partial charge in [-0.3, -0.25) is 4.90 Å². The van der Waals surface area contributed by atoms with Crippen molar-refractivity contribution in [2.75, 3.05) is 4.90 Å². The Bertz CT molecular complexity index is 1060. The maximum atomic E-state index is 13.2. The topological polar surface area (TPSA) is 73.2 Å². The Balaban J connectivity index is 1.62. The Labute approximate surface area is 185 Å². The molecule has 31 heavy (non-hydrogen) atoms. The summed E-state index contributed by atoms with van der Waals surface area (Å²) in [4.78, 5) is 1.83. The number of aliphatic hydroxyl groups excluding tert-OH is 1. The van der Waals surface area contributed by atoms with Crippen molar-refractivity contribution in [2.24, 2.45) is 0 Å². The molecular weight excluding hydrogens is 417 g/mol. The van der Waals surface area contributed by atoms with Crippen molar-refractivity contribution in [1.82, 2.24) is 0 Å². The fourth-order valence-corrected chi connectivity index (χ4v) is 4.24. The molecule has 7 heteroatoms. The van der Waals surface area contributed by atoms with E-state index in [2.05, 4.69) is 0 Å². The molecule has 0 spiro atoms. The number of ether oxygens (including phenoxy) is 1. The lowest BCUT2D eigenvalue weighted by atomic mass is 9.94. The highest BCUT2D eigenvalue weighted by atomic mass is 32.1. The van der Waals surface area contributed by atoms with E-state index in [1.165, 1.54) is 24.3 Å². The molecule has 1 fully saturated rings. The average Bonchev–Trinajstić information content (AvgIpc) is 3.09. The second kappa shape index (κ2) is 8.91. The smallest absolute Gasteiger partial charge is 0.264 e. The summed E-state index contributed by atoms with van der Waals surface area (Å²) >= 11 is 5.50. The second-order valence-electron chi connectivity index (χ2n) is 7.46. The van der Waals surface area contributed by atoms with E-state index in [4.69, 9.17) is 17.0 Å². The molecule has 160 valence electrons. The molecule has 5 nitrogen and oxygen atoms in total. The number of para-hydroxylation sites is 1.